The Bertz CT molecular complexity index is 604. The van der Waals surface area contributed by atoms with E-state index in [2.05, 4.69) is 5.32 Å². The van der Waals surface area contributed by atoms with Gasteiger partial charge in [-0.3, -0.25) is 14.5 Å². The topological polar surface area (TPSA) is 93.9 Å². The predicted molar refractivity (Wildman–Crippen MR) is 90.0 cm³/mol. The van der Waals surface area contributed by atoms with Gasteiger partial charge in [-0.1, -0.05) is 0 Å². The Morgan fingerprint density at radius 3 is 2.38 bits per heavy atom. The quantitative estimate of drug-likeness (QED) is 0.719. The lowest BCUT2D eigenvalue weighted by Crippen LogP contribution is -2.42. The predicted octanol–water partition coefficient (Wildman–Crippen LogP) is 0.444. The van der Waals surface area contributed by atoms with E-state index in [0.29, 0.717) is 19.8 Å². The maximum Gasteiger partial charge on any atom is 0.236 e. The Hall–Kier alpha value is -2.28. The number of hydrogen-bond donors (Lipinski definition) is 2. The first kappa shape index (κ1) is 18.1. The molecule has 7 heteroatoms. The van der Waals surface area contributed by atoms with Crippen LogP contribution in [0.25, 0.3) is 0 Å². The van der Waals surface area contributed by atoms with Crippen LogP contribution in [0.3, 0.4) is 0 Å². The number of rotatable bonds is 8. The summed E-state index contributed by atoms with van der Waals surface area (Å²) in [4.78, 5) is 24.6. The summed E-state index contributed by atoms with van der Waals surface area (Å²) >= 11 is 0. The van der Waals surface area contributed by atoms with Crippen LogP contribution in [0.15, 0.2) is 12.1 Å². The molecule has 2 amide bonds. The highest BCUT2D eigenvalue weighted by atomic mass is 16.5. The first-order valence-electron chi connectivity index (χ1n) is 8.22. The van der Waals surface area contributed by atoms with Gasteiger partial charge in [0, 0.05) is 13.1 Å². The van der Waals surface area contributed by atoms with Gasteiger partial charge < -0.3 is 20.5 Å². The van der Waals surface area contributed by atoms with Crippen molar-refractivity contribution >= 4 is 11.8 Å². The first-order valence-corrected chi connectivity index (χ1v) is 8.22. The molecule has 24 heavy (non-hydrogen) atoms. The molecule has 7 nitrogen and oxygen atoms in total. The number of nitrogens with zero attached hydrogens (tertiary/aromatic N) is 1. The van der Waals surface area contributed by atoms with Crippen molar-refractivity contribution in [2.45, 2.75) is 26.8 Å². The van der Waals surface area contributed by atoms with Gasteiger partial charge in [0.25, 0.3) is 0 Å². The molecule has 0 radical (unpaired) electrons. The summed E-state index contributed by atoms with van der Waals surface area (Å²) in [5, 5.41) is 2.51. The molecule has 0 atom stereocenters. The minimum Gasteiger partial charge on any atom is -0.490 e. The number of carbonyl (C=O) groups excluding carboxylic acids is 2. The number of amides is 2. The Morgan fingerprint density at radius 1 is 1.17 bits per heavy atom. The molecule has 0 aliphatic carbocycles. The van der Waals surface area contributed by atoms with Crippen LogP contribution in [0, 0.1) is 0 Å². The fourth-order valence-electron chi connectivity index (χ4n) is 2.74. The summed E-state index contributed by atoms with van der Waals surface area (Å²) in [5.41, 5.74) is 7.38. The molecule has 0 spiro atoms. The Labute approximate surface area is 142 Å². The fourth-order valence-corrected chi connectivity index (χ4v) is 2.74. The molecule has 3 N–H and O–H groups in total. The van der Waals surface area contributed by atoms with E-state index in [1.165, 1.54) is 5.56 Å². The third-order valence-electron chi connectivity index (χ3n) is 3.78. The zero-order valence-electron chi connectivity index (χ0n) is 14.3. The van der Waals surface area contributed by atoms with Crippen LogP contribution >= 0.6 is 0 Å². The SMILES string of the molecule is CCOc1cc2c(cc1OCC)CN(CC(=O)NCC(N)=O)CC2. The molecule has 0 unspecified atom stereocenters. The lowest BCUT2D eigenvalue weighted by atomic mass is 9.99. The molecule has 1 aliphatic rings. The molecular weight excluding hydrogens is 310 g/mol. The number of fused-ring (bicyclic) bond motifs is 1. The highest BCUT2D eigenvalue weighted by Crippen LogP contribution is 2.33. The first-order chi connectivity index (χ1) is 11.5. The summed E-state index contributed by atoms with van der Waals surface area (Å²) in [6.45, 7) is 6.58. The second kappa shape index (κ2) is 8.54. The van der Waals surface area contributed by atoms with Crippen LogP contribution in [0.5, 0.6) is 11.5 Å². The summed E-state index contributed by atoms with van der Waals surface area (Å²) in [6, 6.07) is 4.03. The summed E-state index contributed by atoms with van der Waals surface area (Å²) in [5.74, 6) is 0.759. The van der Waals surface area contributed by atoms with Crippen molar-refractivity contribution in [2.24, 2.45) is 5.73 Å². The second-order valence-electron chi connectivity index (χ2n) is 5.64. The van der Waals surface area contributed by atoms with Crippen LogP contribution in [0.1, 0.15) is 25.0 Å². The minimum atomic E-state index is -0.544. The van der Waals surface area contributed by atoms with Crippen molar-refractivity contribution in [2.75, 3.05) is 32.8 Å². The van der Waals surface area contributed by atoms with E-state index in [4.69, 9.17) is 15.2 Å². The van der Waals surface area contributed by atoms with Gasteiger partial charge in [0.15, 0.2) is 11.5 Å². The molecule has 1 heterocycles. The second-order valence-corrected chi connectivity index (χ2v) is 5.64. The third-order valence-corrected chi connectivity index (χ3v) is 3.78. The highest BCUT2D eigenvalue weighted by Gasteiger charge is 2.21. The summed E-state index contributed by atoms with van der Waals surface area (Å²) in [6.07, 6.45) is 0.838. The molecular formula is C17H25N3O4. The molecule has 1 aromatic rings. The van der Waals surface area contributed by atoms with Gasteiger partial charge in [-0.05, 0) is 43.5 Å². The van der Waals surface area contributed by atoms with E-state index in [1.807, 2.05) is 30.9 Å². The van der Waals surface area contributed by atoms with Crippen LogP contribution < -0.4 is 20.5 Å². The number of carbonyl (C=O) groups is 2. The van der Waals surface area contributed by atoms with Crippen LogP contribution in [0.2, 0.25) is 0 Å². The van der Waals surface area contributed by atoms with Crippen molar-refractivity contribution < 1.29 is 19.1 Å². The smallest absolute Gasteiger partial charge is 0.236 e. The van der Waals surface area contributed by atoms with E-state index >= 15 is 0 Å². The normalized spacial score (nSPS) is 13.9. The van der Waals surface area contributed by atoms with Crippen LogP contribution in [-0.4, -0.2) is 49.6 Å². The Kier molecular flexibility index (Phi) is 6.43. The number of hydrogen-bond acceptors (Lipinski definition) is 5. The average molecular weight is 335 g/mol. The van der Waals surface area contributed by atoms with Crippen molar-refractivity contribution in [1.29, 1.82) is 0 Å². The summed E-state index contributed by atoms with van der Waals surface area (Å²) < 4.78 is 11.3. The van der Waals surface area contributed by atoms with E-state index < -0.39 is 5.91 Å². The van der Waals surface area contributed by atoms with Gasteiger partial charge in [0.1, 0.15) is 0 Å². The van der Waals surface area contributed by atoms with E-state index in [0.717, 1.165) is 30.0 Å². The van der Waals surface area contributed by atoms with Crippen molar-refractivity contribution in [3.63, 3.8) is 0 Å². The molecule has 132 valence electrons. The molecule has 1 aliphatic heterocycles. The summed E-state index contributed by atoms with van der Waals surface area (Å²) in [7, 11) is 0. The van der Waals surface area contributed by atoms with Crippen molar-refractivity contribution in [3.05, 3.63) is 23.3 Å². The molecule has 0 saturated carbocycles. The van der Waals surface area contributed by atoms with Crippen molar-refractivity contribution in [3.8, 4) is 11.5 Å². The third kappa shape index (κ3) is 4.86. The number of ether oxygens (including phenoxy) is 2. The van der Waals surface area contributed by atoms with E-state index in [9.17, 15) is 9.59 Å². The number of primary amides is 1. The maximum absolute atomic E-state index is 11.8. The van der Waals surface area contributed by atoms with Gasteiger partial charge in [0.05, 0.1) is 26.3 Å². The number of nitrogens with two attached hydrogens (primary N) is 1. The standard InChI is InChI=1S/C17H25N3O4/c1-3-23-14-7-12-5-6-20(11-17(22)19-9-16(18)21)10-13(12)8-15(14)24-4-2/h7-8H,3-6,9-11H2,1-2H3,(H2,18,21)(H,19,22). The minimum absolute atomic E-state index is 0.129. The van der Waals surface area contributed by atoms with E-state index in [-0.39, 0.29) is 19.0 Å². The molecule has 0 fully saturated rings. The van der Waals surface area contributed by atoms with Gasteiger partial charge >= 0.3 is 0 Å². The lowest BCUT2D eigenvalue weighted by Gasteiger charge is -2.29. The van der Waals surface area contributed by atoms with Gasteiger partial charge in [0.2, 0.25) is 11.8 Å². The zero-order chi connectivity index (χ0) is 17.5. The van der Waals surface area contributed by atoms with Crippen molar-refractivity contribution in [1.82, 2.24) is 10.2 Å². The van der Waals surface area contributed by atoms with Crippen LogP contribution in [0.4, 0.5) is 0 Å². The van der Waals surface area contributed by atoms with Gasteiger partial charge in [-0.15, -0.1) is 0 Å². The zero-order valence-corrected chi connectivity index (χ0v) is 14.3. The molecule has 0 saturated heterocycles. The largest absolute Gasteiger partial charge is 0.490 e. The Morgan fingerprint density at radius 2 is 1.79 bits per heavy atom. The highest BCUT2D eigenvalue weighted by molar-refractivity contribution is 5.84. The average Bonchev–Trinajstić information content (AvgIpc) is 2.54. The monoisotopic (exact) mass is 335 g/mol. The lowest BCUT2D eigenvalue weighted by molar-refractivity contribution is -0.125. The number of benzene rings is 1. The molecule has 1 aromatic carbocycles. The maximum atomic E-state index is 11.8. The van der Waals surface area contributed by atoms with Crippen LogP contribution in [-0.2, 0) is 22.6 Å². The fraction of sp³-hybridized carbons (Fsp3) is 0.529. The number of nitrogens with one attached hydrogen (secondary N) is 1. The molecule has 0 bridgehead atoms. The van der Waals surface area contributed by atoms with Gasteiger partial charge in [-0.2, -0.15) is 0 Å². The molecule has 0 aromatic heterocycles. The van der Waals surface area contributed by atoms with E-state index in [1.54, 1.807) is 0 Å². The van der Waals surface area contributed by atoms with Gasteiger partial charge in [-0.25, -0.2) is 0 Å². The Balaban J connectivity index is 2.05. The molecule has 2 rings (SSSR count).